The molecule has 26 heavy (non-hydrogen) atoms. The van der Waals surface area contributed by atoms with Gasteiger partial charge in [-0.15, -0.1) is 0 Å². The van der Waals surface area contributed by atoms with Gasteiger partial charge in [-0.1, -0.05) is 13.8 Å². The van der Waals surface area contributed by atoms with E-state index in [0.29, 0.717) is 17.4 Å². The average molecular weight is 357 g/mol. The van der Waals surface area contributed by atoms with Crippen LogP contribution < -0.4 is 15.2 Å². The van der Waals surface area contributed by atoms with E-state index in [-0.39, 0.29) is 16.7 Å². The second-order valence-corrected chi connectivity index (χ2v) is 8.33. The van der Waals surface area contributed by atoms with Crippen LogP contribution in [0.15, 0.2) is 23.3 Å². The summed E-state index contributed by atoms with van der Waals surface area (Å²) in [5, 5.41) is 6.68. The maximum atomic E-state index is 12.6. The Morgan fingerprint density at radius 2 is 2.04 bits per heavy atom. The molecular weight excluding hydrogens is 330 g/mol. The number of methoxy groups -OCH3 is 2. The third-order valence-electron chi connectivity index (χ3n) is 7.69. The minimum Gasteiger partial charge on any atom is -0.493 e. The number of carbonyl (C=O) groups is 1. The van der Waals surface area contributed by atoms with Crippen LogP contribution in [-0.4, -0.2) is 43.4 Å². The Morgan fingerprint density at radius 1 is 1.31 bits per heavy atom. The molecule has 1 aromatic rings. The first-order chi connectivity index (χ1) is 12.3. The molecule has 0 radical (unpaired) electrons. The van der Waals surface area contributed by atoms with E-state index in [1.165, 1.54) is 6.42 Å². The summed E-state index contributed by atoms with van der Waals surface area (Å²) >= 11 is 0. The molecule has 4 rings (SSSR count). The van der Waals surface area contributed by atoms with E-state index in [9.17, 15) is 4.79 Å². The predicted molar refractivity (Wildman–Crippen MR) is 99.3 cm³/mol. The van der Waals surface area contributed by atoms with Crippen LogP contribution in [0.3, 0.4) is 0 Å². The zero-order valence-corrected chi connectivity index (χ0v) is 15.9. The zero-order chi connectivity index (χ0) is 18.7. The third-order valence-corrected chi connectivity index (χ3v) is 7.69. The molecule has 1 aliphatic heterocycles. The van der Waals surface area contributed by atoms with Crippen molar-refractivity contribution in [1.82, 2.24) is 5.01 Å². The molecule has 1 amide bonds. The standard InChI is InChI=1S/C20H27N3O3/c1-18-12-23(20(17(21)24)10-14(18)7-8-19(18,20)2)22-11-13-5-6-15(25-3)16(9-13)26-4/h5-6,9,11,14H,7-8,10,12H2,1-4H3,(H2,21,24)/b22-11-/t14-,18-,19+,20-/m0/s1. The number of amides is 1. The van der Waals surface area contributed by atoms with Gasteiger partial charge in [0.05, 0.1) is 20.4 Å². The number of rotatable bonds is 5. The summed E-state index contributed by atoms with van der Waals surface area (Å²) in [6, 6.07) is 5.65. The van der Waals surface area contributed by atoms with Crippen LogP contribution in [-0.2, 0) is 4.79 Å². The van der Waals surface area contributed by atoms with Gasteiger partial charge < -0.3 is 15.2 Å². The molecule has 1 aromatic carbocycles. The van der Waals surface area contributed by atoms with Gasteiger partial charge in [-0.25, -0.2) is 0 Å². The van der Waals surface area contributed by atoms with Crippen molar-refractivity contribution < 1.29 is 14.3 Å². The largest absolute Gasteiger partial charge is 0.493 e. The molecule has 0 spiro atoms. The minimum absolute atomic E-state index is 0.0942. The average Bonchev–Trinajstić information content (AvgIpc) is 3.08. The Hall–Kier alpha value is -2.24. The van der Waals surface area contributed by atoms with Crippen LogP contribution in [0.2, 0.25) is 0 Å². The molecule has 6 heteroatoms. The molecule has 4 atom stereocenters. The zero-order valence-electron chi connectivity index (χ0n) is 15.9. The highest BCUT2D eigenvalue weighted by atomic mass is 16.5. The van der Waals surface area contributed by atoms with Crippen molar-refractivity contribution in [3.8, 4) is 11.5 Å². The lowest BCUT2D eigenvalue weighted by molar-refractivity contribution is -0.135. The Kier molecular flexibility index (Phi) is 3.56. The number of hydrogen-bond acceptors (Lipinski definition) is 5. The summed E-state index contributed by atoms with van der Waals surface area (Å²) in [5.41, 5.74) is 6.17. The molecule has 1 heterocycles. The normalized spacial score (nSPS) is 37.5. The second-order valence-electron chi connectivity index (χ2n) is 8.33. The molecule has 0 unspecified atom stereocenters. The molecule has 2 N–H and O–H groups in total. The van der Waals surface area contributed by atoms with Gasteiger partial charge in [-0.05, 0) is 54.4 Å². The Balaban J connectivity index is 1.67. The van der Waals surface area contributed by atoms with E-state index in [1.807, 2.05) is 23.2 Å². The molecule has 6 nitrogen and oxygen atoms in total. The van der Waals surface area contributed by atoms with Crippen molar-refractivity contribution in [1.29, 1.82) is 0 Å². The quantitative estimate of drug-likeness (QED) is 0.821. The highest BCUT2D eigenvalue weighted by Gasteiger charge is 2.80. The fraction of sp³-hybridized carbons (Fsp3) is 0.600. The second kappa shape index (κ2) is 5.38. The van der Waals surface area contributed by atoms with E-state index in [1.54, 1.807) is 20.4 Å². The maximum Gasteiger partial charge on any atom is 0.245 e. The smallest absolute Gasteiger partial charge is 0.245 e. The van der Waals surface area contributed by atoms with Gasteiger partial charge in [0.15, 0.2) is 11.5 Å². The number of hydrazone groups is 1. The number of nitrogens with two attached hydrogens (primary N) is 1. The van der Waals surface area contributed by atoms with Crippen LogP contribution in [0.1, 0.15) is 38.7 Å². The van der Waals surface area contributed by atoms with Crippen LogP contribution in [0.25, 0.3) is 0 Å². The van der Waals surface area contributed by atoms with Crippen molar-refractivity contribution in [2.45, 2.75) is 38.6 Å². The molecule has 1 saturated heterocycles. The van der Waals surface area contributed by atoms with E-state index in [4.69, 9.17) is 20.3 Å². The Bertz CT molecular complexity index is 795. The molecule has 140 valence electrons. The minimum atomic E-state index is -0.669. The molecule has 2 saturated carbocycles. The maximum absolute atomic E-state index is 12.6. The lowest BCUT2D eigenvalue weighted by Crippen LogP contribution is -2.60. The first-order valence-electron chi connectivity index (χ1n) is 9.16. The highest BCUT2D eigenvalue weighted by molar-refractivity contribution is 5.88. The fourth-order valence-electron chi connectivity index (χ4n) is 5.95. The monoisotopic (exact) mass is 357 g/mol. The van der Waals surface area contributed by atoms with E-state index in [2.05, 4.69) is 13.8 Å². The molecule has 3 aliphatic rings. The van der Waals surface area contributed by atoms with E-state index in [0.717, 1.165) is 24.9 Å². The lowest BCUT2D eigenvalue weighted by Gasteiger charge is -2.44. The molecule has 2 aliphatic carbocycles. The Labute approximate surface area is 154 Å². The lowest BCUT2D eigenvalue weighted by atomic mass is 9.65. The number of ether oxygens (including phenoxy) is 2. The van der Waals surface area contributed by atoms with Gasteiger partial charge >= 0.3 is 0 Å². The van der Waals surface area contributed by atoms with Crippen LogP contribution >= 0.6 is 0 Å². The summed E-state index contributed by atoms with van der Waals surface area (Å²) < 4.78 is 10.6. The Morgan fingerprint density at radius 3 is 2.65 bits per heavy atom. The van der Waals surface area contributed by atoms with Crippen LogP contribution in [0, 0.1) is 16.7 Å². The molecular formula is C20H27N3O3. The van der Waals surface area contributed by atoms with Crippen molar-refractivity contribution in [2.24, 2.45) is 27.6 Å². The van der Waals surface area contributed by atoms with Crippen molar-refractivity contribution in [2.75, 3.05) is 20.8 Å². The summed E-state index contributed by atoms with van der Waals surface area (Å²) in [6.07, 6.45) is 4.83. The summed E-state index contributed by atoms with van der Waals surface area (Å²) in [4.78, 5) is 12.6. The predicted octanol–water partition coefficient (Wildman–Crippen LogP) is 2.40. The van der Waals surface area contributed by atoms with Crippen molar-refractivity contribution in [3.05, 3.63) is 23.8 Å². The SMILES string of the molecule is COc1ccc(/C=N\N2C[C@@]3(C)[C@H]4CC[C@@]3(C)[C@@]2(C(N)=O)C4)cc1OC. The van der Waals surface area contributed by atoms with Gasteiger partial charge in [0.2, 0.25) is 5.91 Å². The topological polar surface area (TPSA) is 77.1 Å². The third kappa shape index (κ3) is 1.82. The number of benzene rings is 1. The van der Waals surface area contributed by atoms with Gasteiger partial charge in [0.1, 0.15) is 5.54 Å². The van der Waals surface area contributed by atoms with Gasteiger partial charge in [-0.3, -0.25) is 9.80 Å². The van der Waals surface area contributed by atoms with Gasteiger partial charge in [0.25, 0.3) is 0 Å². The van der Waals surface area contributed by atoms with Crippen molar-refractivity contribution in [3.63, 3.8) is 0 Å². The first kappa shape index (κ1) is 17.2. The van der Waals surface area contributed by atoms with Gasteiger partial charge in [0, 0.05) is 12.0 Å². The van der Waals surface area contributed by atoms with Crippen molar-refractivity contribution >= 4 is 12.1 Å². The van der Waals surface area contributed by atoms with Crippen LogP contribution in [0.5, 0.6) is 11.5 Å². The van der Waals surface area contributed by atoms with Gasteiger partial charge in [-0.2, -0.15) is 5.10 Å². The van der Waals surface area contributed by atoms with E-state index < -0.39 is 5.54 Å². The molecule has 3 fully saturated rings. The summed E-state index contributed by atoms with van der Waals surface area (Å²) in [6.45, 7) is 5.32. The number of primary amides is 1. The number of piperidine rings is 1. The molecule has 4 bridgehead atoms. The highest BCUT2D eigenvalue weighted by Crippen LogP contribution is 2.75. The molecule has 0 aromatic heterocycles. The number of nitrogens with zero attached hydrogens (tertiary/aromatic N) is 2. The van der Waals surface area contributed by atoms with Crippen LogP contribution in [0.4, 0.5) is 0 Å². The fourth-order valence-corrected chi connectivity index (χ4v) is 5.95. The number of hydrogen-bond donors (Lipinski definition) is 1. The first-order valence-corrected chi connectivity index (χ1v) is 9.16. The summed E-state index contributed by atoms with van der Waals surface area (Å²) in [5.74, 6) is 1.65. The number of carbonyl (C=O) groups excluding carboxylic acids is 1. The summed E-state index contributed by atoms with van der Waals surface area (Å²) in [7, 11) is 3.22. The van der Waals surface area contributed by atoms with E-state index >= 15 is 0 Å².